The van der Waals surface area contributed by atoms with Crippen molar-refractivity contribution >= 4 is 11.9 Å². The Morgan fingerprint density at radius 2 is 2.29 bits per heavy atom. The molecule has 0 bridgehead atoms. The van der Waals surface area contributed by atoms with Gasteiger partial charge in [-0.25, -0.2) is 4.79 Å². The summed E-state index contributed by atoms with van der Waals surface area (Å²) in [6.07, 6.45) is 1.97. The van der Waals surface area contributed by atoms with E-state index in [0.717, 1.165) is 12.8 Å². The average Bonchev–Trinajstić information content (AvgIpc) is 2.89. The molecule has 1 aliphatic carbocycles. The van der Waals surface area contributed by atoms with Gasteiger partial charge in [0.1, 0.15) is 0 Å². The Labute approximate surface area is 81.4 Å². The van der Waals surface area contributed by atoms with Gasteiger partial charge in [0.05, 0.1) is 13.2 Å². The molecule has 5 nitrogen and oxygen atoms in total. The maximum Gasteiger partial charge on any atom is 0.332 e. The Kier molecular flexibility index (Phi) is 2.19. The molecule has 78 valence electrons. The molecular weight excluding hydrogens is 186 g/mol. The van der Waals surface area contributed by atoms with Gasteiger partial charge < -0.3 is 15.2 Å². The molecule has 2 fully saturated rings. The van der Waals surface area contributed by atoms with Crippen LogP contribution in [0.5, 0.6) is 0 Å². The number of carbonyl (C=O) groups is 2. The topological polar surface area (TPSA) is 75.6 Å². The average molecular weight is 199 g/mol. The van der Waals surface area contributed by atoms with Crippen LogP contribution in [0.3, 0.4) is 0 Å². The van der Waals surface area contributed by atoms with Crippen molar-refractivity contribution in [1.82, 2.24) is 5.32 Å². The number of hydrogen-bond acceptors (Lipinski definition) is 3. The summed E-state index contributed by atoms with van der Waals surface area (Å²) in [6.45, 7) is 0.409. The van der Waals surface area contributed by atoms with Crippen molar-refractivity contribution in [1.29, 1.82) is 0 Å². The Balaban J connectivity index is 2.22. The van der Waals surface area contributed by atoms with Crippen LogP contribution in [0.4, 0.5) is 0 Å². The Morgan fingerprint density at radius 3 is 2.86 bits per heavy atom. The van der Waals surface area contributed by atoms with Gasteiger partial charge in [0, 0.05) is 6.42 Å². The van der Waals surface area contributed by atoms with Gasteiger partial charge in [0.15, 0.2) is 5.54 Å². The summed E-state index contributed by atoms with van der Waals surface area (Å²) in [7, 11) is 0. The molecule has 0 radical (unpaired) electrons. The maximum atomic E-state index is 11.3. The zero-order valence-electron chi connectivity index (χ0n) is 7.78. The van der Waals surface area contributed by atoms with Crippen molar-refractivity contribution in [2.75, 3.05) is 13.2 Å². The van der Waals surface area contributed by atoms with E-state index >= 15 is 0 Å². The number of hydrogen-bond donors (Lipinski definition) is 2. The van der Waals surface area contributed by atoms with Crippen LogP contribution in [0.25, 0.3) is 0 Å². The lowest BCUT2D eigenvalue weighted by molar-refractivity contribution is -0.150. The third-order valence-electron chi connectivity index (χ3n) is 2.82. The lowest BCUT2D eigenvalue weighted by atomic mass is 9.94. The van der Waals surface area contributed by atoms with Gasteiger partial charge in [0.2, 0.25) is 5.91 Å². The SMILES string of the molecule is O=C1CCOCC(C(=O)O)(C2CC2)N1. The molecule has 2 rings (SSSR count). The summed E-state index contributed by atoms with van der Waals surface area (Å²) in [5.41, 5.74) is -1.16. The molecule has 0 aromatic heterocycles. The standard InChI is InChI=1S/C9H13NO4/c11-7-3-4-14-5-9(10-7,8(12)13)6-1-2-6/h6H,1-5H2,(H,10,11)(H,12,13). The highest BCUT2D eigenvalue weighted by Gasteiger charge is 2.53. The molecule has 1 amide bonds. The fourth-order valence-electron chi connectivity index (χ4n) is 1.83. The first-order valence-corrected chi connectivity index (χ1v) is 4.77. The van der Waals surface area contributed by atoms with E-state index < -0.39 is 11.5 Å². The van der Waals surface area contributed by atoms with Gasteiger partial charge >= 0.3 is 5.97 Å². The normalized spacial score (nSPS) is 33.3. The zero-order chi connectivity index (χ0) is 10.2. The number of rotatable bonds is 2. The number of carboxylic acid groups (broad SMARTS) is 1. The minimum atomic E-state index is -1.16. The smallest absolute Gasteiger partial charge is 0.332 e. The largest absolute Gasteiger partial charge is 0.479 e. The molecule has 1 atom stereocenters. The van der Waals surface area contributed by atoms with Crippen LogP contribution in [0.15, 0.2) is 0 Å². The van der Waals surface area contributed by atoms with Crippen molar-refractivity contribution in [3.8, 4) is 0 Å². The third-order valence-corrected chi connectivity index (χ3v) is 2.82. The third kappa shape index (κ3) is 1.48. The summed E-state index contributed by atoms with van der Waals surface area (Å²) in [6, 6.07) is 0. The van der Waals surface area contributed by atoms with E-state index in [2.05, 4.69) is 5.32 Å². The summed E-state index contributed by atoms with van der Waals surface area (Å²) >= 11 is 0. The molecule has 0 spiro atoms. The second-order valence-corrected chi connectivity index (χ2v) is 3.90. The molecule has 0 aromatic carbocycles. The molecule has 1 saturated carbocycles. The van der Waals surface area contributed by atoms with Crippen molar-refractivity contribution < 1.29 is 19.4 Å². The second kappa shape index (κ2) is 3.24. The van der Waals surface area contributed by atoms with Crippen molar-refractivity contribution in [3.05, 3.63) is 0 Å². The van der Waals surface area contributed by atoms with Crippen LogP contribution in [0.1, 0.15) is 19.3 Å². The van der Waals surface area contributed by atoms with Gasteiger partial charge in [-0.3, -0.25) is 4.79 Å². The number of nitrogens with one attached hydrogen (secondary N) is 1. The predicted molar refractivity (Wildman–Crippen MR) is 46.7 cm³/mol. The number of amides is 1. The first-order chi connectivity index (χ1) is 6.65. The van der Waals surface area contributed by atoms with Crippen LogP contribution < -0.4 is 5.32 Å². The molecule has 14 heavy (non-hydrogen) atoms. The monoisotopic (exact) mass is 199 g/mol. The molecule has 2 N–H and O–H groups in total. The predicted octanol–water partition coefficient (Wildman–Crippen LogP) is -0.244. The summed E-state index contributed by atoms with van der Waals surface area (Å²) in [5.74, 6) is -1.16. The van der Waals surface area contributed by atoms with Crippen LogP contribution in [-0.2, 0) is 14.3 Å². The van der Waals surface area contributed by atoms with Crippen LogP contribution >= 0.6 is 0 Å². The molecule has 0 aromatic rings. The minimum absolute atomic E-state index is 0.0436. The van der Waals surface area contributed by atoms with Crippen LogP contribution in [-0.4, -0.2) is 35.7 Å². The number of carboxylic acids is 1. The summed E-state index contributed by atoms with van der Waals surface area (Å²) in [4.78, 5) is 22.4. The fraction of sp³-hybridized carbons (Fsp3) is 0.778. The van der Waals surface area contributed by atoms with E-state index in [9.17, 15) is 9.59 Å². The molecule has 5 heteroatoms. The molecule has 2 aliphatic rings. The molecular formula is C9H13NO4. The summed E-state index contributed by atoms with van der Waals surface area (Å²) < 4.78 is 5.18. The van der Waals surface area contributed by atoms with E-state index in [-0.39, 0.29) is 24.9 Å². The lowest BCUT2D eigenvalue weighted by Gasteiger charge is -2.27. The van der Waals surface area contributed by atoms with E-state index in [4.69, 9.17) is 9.84 Å². The highest BCUT2D eigenvalue weighted by atomic mass is 16.5. The highest BCUT2D eigenvalue weighted by Crippen LogP contribution is 2.40. The number of aliphatic carboxylic acids is 1. The van der Waals surface area contributed by atoms with Crippen molar-refractivity contribution in [2.24, 2.45) is 5.92 Å². The van der Waals surface area contributed by atoms with E-state index in [1.54, 1.807) is 0 Å². The molecule has 1 saturated heterocycles. The van der Waals surface area contributed by atoms with Gasteiger partial charge in [-0.2, -0.15) is 0 Å². The van der Waals surface area contributed by atoms with Crippen LogP contribution in [0, 0.1) is 5.92 Å². The highest BCUT2D eigenvalue weighted by molar-refractivity contribution is 5.88. The van der Waals surface area contributed by atoms with E-state index in [0.29, 0.717) is 6.61 Å². The Bertz CT molecular complexity index is 274. The van der Waals surface area contributed by atoms with E-state index in [1.807, 2.05) is 0 Å². The first kappa shape index (κ1) is 9.45. The van der Waals surface area contributed by atoms with Crippen molar-refractivity contribution in [2.45, 2.75) is 24.8 Å². The molecule has 1 heterocycles. The quantitative estimate of drug-likeness (QED) is 0.643. The van der Waals surface area contributed by atoms with Gasteiger partial charge in [-0.05, 0) is 18.8 Å². The Morgan fingerprint density at radius 1 is 1.57 bits per heavy atom. The lowest BCUT2D eigenvalue weighted by Crippen LogP contribution is -2.58. The van der Waals surface area contributed by atoms with Gasteiger partial charge in [-0.1, -0.05) is 0 Å². The van der Waals surface area contributed by atoms with E-state index in [1.165, 1.54) is 0 Å². The maximum absolute atomic E-state index is 11.3. The minimum Gasteiger partial charge on any atom is -0.479 e. The number of ether oxygens (including phenoxy) is 1. The van der Waals surface area contributed by atoms with Gasteiger partial charge in [-0.15, -0.1) is 0 Å². The summed E-state index contributed by atoms with van der Waals surface area (Å²) in [5, 5.41) is 11.7. The fourth-order valence-corrected chi connectivity index (χ4v) is 1.83. The Hall–Kier alpha value is -1.10. The van der Waals surface area contributed by atoms with Gasteiger partial charge in [0.25, 0.3) is 0 Å². The second-order valence-electron chi connectivity index (χ2n) is 3.90. The van der Waals surface area contributed by atoms with Crippen LogP contribution in [0.2, 0.25) is 0 Å². The first-order valence-electron chi connectivity index (χ1n) is 4.77. The number of carbonyl (C=O) groups excluding carboxylic acids is 1. The molecule has 1 aliphatic heterocycles. The van der Waals surface area contributed by atoms with Crippen molar-refractivity contribution in [3.63, 3.8) is 0 Å². The molecule has 1 unspecified atom stereocenters. The zero-order valence-corrected chi connectivity index (χ0v) is 7.78.